The molecular formula is C11H17NS. The molecule has 2 N–H and O–H groups in total. The molecular weight excluding hydrogens is 178 g/mol. The Morgan fingerprint density at radius 3 is 2.92 bits per heavy atom. The van der Waals surface area contributed by atoms with Gasteiger partial charge in [-0.1, -0.05) is 6.92 Å². The first-order chi connectivity index (χ1) is 6.23. The van der Waals surface area contributed by atoms with Gasteiger partial charge in [0, 0.05) is 10.4 Å². The molecule has 1 aliphatic rings. The summed E-state index contributed by atoms with van der Waals surface area (Å²) in [5.41, 5.74) is 7.80. The molecule has 0 amide bonds. The van der Waals surface area contributed by atoms with Gasteiger partial charge in [0.1, 0.15) is 0 Å². The number of hydrogen-bond acceptors (Lipinski definition) is 2. The lowest BCUT2D eigenvalue weighted by Gasteiger charge is -2.07. The second-order valence-electron chi connectivity index (χ2n) is 4.08. The van der Waals surface area contributed by atoms with E-state index in [0.29, 0.717) is 0 Å². The fourth-order valence-electron chi connectivity index (χ4n) is 1.67. The maximum atomic E-state index is 6.06. The smallest absolute Gasteiger partial charge is 0.0159 e. The Bertz CT molecular complexity index is 286. The summed E-state index contributed by atoms with van der Waals surface area (Å²) >= 11 is 1.89. The predicted octanol–water partition coefficient (Wildman–Crippen LogP) is 2.73. The van der Waals surface area contributed by atoms with Crippen LogP contribution in [0.1, 0.15) is 36.6 Å². The SMILES string of the molecule is CCc1ccsc1CCC1(N)CC1. The van der Waals surface area contributed by atoms with Crippen LogP contribution in [0.25, 0.3) is 0 Å². The zero-order valence-electron chi connectivity index (χ0n) is 8.18. The van der Waals surface area contributed by atoms with E-state index in [-0.39, 0.29) is 5.54 Å². The van der Waals surface area contributed by atoms with Gasteiger partial charge in [-0.05, 0) is 49.1 Å². The number of thiophene rings is 1. The van der Waals surface area contributed by atoms with Gasteiger partial charge in [-0.2, -0.15) is 0 Å². The zero-order valence-corrected chi connectivity index (χ0v) is 8.99. The van der Waals surface area contributed by atoms with E-state index < -0.39 is 0 Å². The van der Waals surface area contributed by atoms with Crippen LogP contribution in [0.3, 0.4) is 0 Å². The standard InChI is InChI=1S/C11H17NS/c1-2-9-4-8-13-10(9)3-5-11(12)6-7-11/h4,8H,2-3,5-7,12H2,1H3. The molecule has 0 bridgehead atoms. The van der Waals surface area contributed by atoms with Crippen molar-refractivity contribution in [2.24, 2.45) is 5.73 Å². The first-order valence-corrected chi connectivity index (χ1v) is 5.96. The van der Waals surface area contributed by atoms with Crippen LogP contribution in [-0.2, 0) is 12.8 Å². The predicted molar refractivity (Wildman–Crippen MR) is 58.2 cm³/mol. The molecule has 0 saturated heterocycles. The minimum absolute atomic E-state index is 0.217. The summed E-state index contributed by atoms with van der Waals surface area (Å²) in [5.74, 6) is 0. The Hall–Kier alpha value is -0.340. The summed E-state index contributed by atoms with van der Waals surface area (Å²) in [6, 6.07) is 2.25. The van der Waals surface area contributed by atoms with Crippen molar-refractivity contribution in [1.29, 1.82) is 0 Å². The molecule has 72 valence electrons. The highest BCUT2D eigenvalue weighted by Crippen LogP contribution is 2.37. The van der Waals surface area contributed by atoms with Crippen molar-refractivity contribution in [2.45, 2.75) is 44.6 Å². The average Bonchev–Trinajstić information content (AvgIpc) is 2.69. The molecule has 0 spiro atoms. The van der Waals surface area contributed by atoms with Crippen molar-refractivity contribution in [3.05, 3.63) is 21.9 Å². The highest BCUT2D eigenvalue weighted by molar-refractivity contribution is 7.10. The van der Waals surface area contributed by atoms with E-state index in [2.05, 4.69) is 18.4 Å². The minimum atomic E-state index is 0.217. The summed E-state index contributed by atoms with van der Waals surface area (Å²) in [4.78, 5) is 1.55. The van der Waals surface area contributed by atoms with Crippen LogP contribution < -0.4 is 5.73 Å². The highest BCUT2D eigenvalue weighted by Gasteiger charge is 2.37. The lowest BCUT2D eigenvalue weighted by molar-refractivity contribution is 0.611. The molecule has 0 atom stereocenters. The van der Waals surface area contributed by atoms with Gasteiger partial charge in [0.05, 0.1) is 0 Å². The maximum absolute atomic E-state index is 6.06. The van der Waals surface area contributed by atoms with Crippen molar-refractivity contribution >= 4 is 11.3 Å². The lowest BCUT2D eigenvalue weighted by atomic mass is 10.1. The van der Waals surface area contributed by atoms with E-state index in [1.807, 2.05) is 11.3 Å². The Balaban J connectivity index is 1.93. The van der Waals surface area contributed by atoms with E-state index in [1.165, 1.54) is 31.2 Å². The molecule has 2 heteroatoms. The van der Waals surface area contributed by atoms with E-state index in [1.54, 1.807) is 4.88 Å². The molecule has 1 aliphatic carbocycles. The van der Waals surface area contributed by atoms with E-state index in [4.69, 9.17) is 5.73 Å². The van der Waals surface area contributed by atoms with Gasteiger partial charge in [0.15, 0.2) is 0 Å². The molecule has 1 fully saturated rings. The van der Waals surface area contributed by atoms with Gasteiger partial charge in [-0.15, -0.1) is 11.3 Å². The van der Waals surface area contributed by atoms with Crippen LogP contribution in [0.2, 0.25) is 0 Å². The molecule has 1 aromatic heterocycles. The Morgan fingerprint density at radius 1 is 1.54 bits per heavy atom. The molecule has 1 nitrogen and oxygen atoms in total. The molecule has 0 unspecified atom stereocenters. The van der Waals surface area contributed by atoms with Gasteiger partial charge in [-0.25, -0.2) is 0 Å². The third kappa shape index (κ3) is 2.12. The van der Waals surface area contributed by atoms with Crippen molar-refractivity contribution in [1.82, 2.24) is 0 Å². The van der Waals surface area contributed by atoms with E-state index >= 15 is 0 Å². The summed E-state index contributed by atoms with van der Waals surface area (Å²) < 4.78 is 0. The largest absolute Gasteiger partial charge is 0.325 e. The van der Waals surface area contributed by atoms with Crippen LogP contribution in [0.15, 0.2) is 11.4 Å². The molecule has 1 saturated carbocycles. The van der Waals surface area contributed by atoms with Gasteiger partial charge >= 0.3 is 0 Å². The van der Waals surface area contributed by atoms with Gasteiger partial charge in [0.25, 0.3) is 0 Å². The number of aryl methyl sites for hydroxylation is 2. The van der Waals surface area contributed by atoms with Gasteiger partial charge in [-0.3, -0.25) is 0 Å². The molecule has 0 aromatic carbocycles. The lowest BCUT2D eigenvalue weighted by Crippen LogP contribution is -2.22. The van der Waals surface area contributed by atoms with Crippen LogP contribution in [0.4, 0.5) is 0 Å². The summed E-state index contributed by atoms with van der Waals surface area (Å²) in [5, 5.41) is 2.20. The number of nitrogens with two attached hydrogens (primary N) is 1. The highest BCUT2D eigenvalue weighted by atomic mass is 32.1. The van der Waals surface area contributed by atoms with Crippen LogP contribution in [-0.4, -0.2) is 5.54 Å². The second-order valence-corrected chi connectivity index (χ2v) is 5.09. The van der Waals surface area contributed by atoms with Crippen molar-refractivity contribution < 1.29 is 0 Å². The Kier molecular flexibility index (Phi) is 2.43. The van der Waals surface area contributed by atoms with Gasteiger partial charge < -0.3 is 5.73 Å². The second kappa shape index (κ2) is 3.43. The average molecular weight is 195 g/mol. The third-order valence-corrected chi connectivity index (χ3v) is 3.98. The Labute approximate surface area is 84.0 Å². The van der Waals surface area contributed by atoms with E-state index in [0.717, 1.165) is 6.42 Å². The van der Waals surface area contributed by atoms with E-state index in [9.17, 15) is 0 Å². The third-order valence-electron chi connectivity index (χ3n) is 2.96. The molecule has 13 heavy (non-hydrogen) atoms. The molecule has 1 heterocycles. The van der Waals surface area contributed by atoms with Crippen LogP contribution in [0.5, 0.6) is 0 Å². The fourth-order valence-corrected chi connectivity index (χ4v) is 2.65. The monoisotopic (exact) mass is 195 g/mol. The summed E-state index contributed by atoms with van der Waals surface area (Å²) in [6.45, 7) is 2.22. The quantitative estimate of drug-likeness (QED) is 0.785. The first kappa shape index (κ1) is 9.22. The minimum Gasteiger partial charge on any atom is -0.325 e. The summed E-state index contributed by atoms with van der Waals surface area (Å²) in [7, 11) is 0. The molecule has 0 aliphatic heterocycles. The molecule has 1 aromatic rings. The van der Waals surface area contributed by atoms with Crippen LogP contribution >= 0.6 is 11.3 Å². The van der Waals surface area contributed by atoms with Crippen molar-refractivity contribution in [2.75, 3.05) is 0 Å². The topological polar surface area (TPSA) is 26.0 Å². The maximum Gasteiger partial charge on any atom is 0.0159 e. The molecule has 2 rings (SSSR count). The Morgan fingerprint density at radius 2 is 2.31 bits per heavy atom. The van der Waals surface area contributed by atoms with Crippen molar-refractivity contribution in [3.8, 4) is 0 Å². The normalized spacial score (nSPS) is 18.9. The first-order valence-electron chi connectivity index (χ1n) is 5.08. The number of rotatable bonds is 4. The van der Waals surface area contributed by atoms with Crippen LogP contribution in [0, 0.1) is 0 Å². The molecule has 0 radical (unpaired) electrons. The van der Waals surface area contributed by atoms with Gasteiger partial charge in [0.2, 0.25) is 0 Å². The number of hydrogen-bond donors (Lipinski definition) is 1. The summed E-state index contributed by atoms with van der Waals surface area (Å²) in [6.07, 6.45) is 6.01. The zero-order chi connectivity index (χ0) is 9.31. The fraction of sp³-hybridized carbons (Fsp3) is 0.636. The van der Waals surface area contributed by atoms with Crippen molar-refractivity contribution in [3.63, 3.8) is 0 Å².